The summed E-state index contributed by atoms with van der Waals surface area (Å²) in [5, 5.41) is 8.91. The quantitative estimate of drug-likeness (QED) is 0.498. The number of aryl methyl sites for hydroxylation is 2. The van der Waals surface area contributed by atoms with Crippen LogP contribution < -0.4 is 0 Å². The third-order valence-electron chi connectivity index (χ3n) is 4.87. The van der Waals surface area contributed by atoms with Crippen LogP contribution in [0.5, 0.6) is 0 Å². The van der Waals surface area contributed by atoms with Gasteiger partial charge in [-0.05, 0) is 30.5 Å². The largest absolute Gasteiger partial charge is 0.392 e. The van der Waals surface area contributed by atoms with Crippen molar-refractivity contribution in [2.75, 3.05) is 0 Å². The normalized spacial score (nSPS) is 10.4. The second-order valence-electron chi connectivity index (χ2n) is 7.04. The van der Waals surface area contributed by atoms with Gasteiger partial charge in [0, 0.05) is 43.4 Å². The molecule has 0 saturated carbocycles. The van der Waals surface area contributed by atoms with Crippen molar-refractivity contribution in [3.8, 4) is 0 Å². The van der Waals surface area contributed by atoms with Crippen molar-refractivity contribution in [3.63, 3.8) is 0 Å². The monoisotopic (exact) mass is 402 g/mol. The number of aldehydes is 1. The van der Waals surface area contributed by atoms with E-state index in [1.807, 2.05) is 74.8 Å². The lowest BCUT2D eigenvalue weighted by atomic mass is 10.1. The summed E-state index contributed by atoms with van der Waals surface area (Å²) in [4.78, 5) is 18.8. The van der Waals surface area contributed by atoms with Crippen molar-refractivity contribution in [3.05, 3.63) is 107 Å². The fourth-order valence-corrected chi connectivity index (χ4v) is 2.99. The molecular formula is C24H26N4O2. The first kappa shape index (κ1) is 21.2. The van der Waals surface area contributed by atoms with Crippen molar-refractivity contribution in [2.24, 2.45) is 0 Å². The Kier molecular flexibility index (Phi) is 7.29. The number of aliphatic hydroxyl groups is 1. The Balaban J connectivity index is 0.000000171. The Bertz CT molecular complexity index is 1060. The fraction of sp³-hybridized carbons (Fsp3) is 0.208. The zero-order valence-corrected chi connectivity index (χ0v) is 17.3. The van der Waals surface area contributed by atoms with Gasteiger partial charge in [0.25, 0.3) is 0 Å². The molecule has 4 aromatic rings. The minimum Gasteiger partial charge on any atom is -0.392 e. The number of hydrogen-bond donors (Lipinski definition) is 1. The first-order valence-electron chi connectivity index (χ1n) is 9.77. The maximum atomic E-state index is 10.5. The van der Waals surface area contributed by atoms with Crippen LogP contribution in [0.3, 0.4) is 0 Å². The molecule has 0 fully saturated rings. The van der Waals surface area contributed by atoms with Crippen LogP contribution in [0.1, 0.15) is 38.7 Å². The van der Waals surface area contributed by atoms with E-state index in [9.17, 15) is 4.79 Å². The van der Waals surface area contributed by atoms with Crippen molar-refractivity contribution in [1.29, 1.82) is 0 Å². The molecule has 2 heterocycles. The van der Waals surface area contributed by atoms with Crippen LogP contribution in [-0.2, 0) is 19.7 Å². The highest BCUT2D eigenvalue weighted by Crippen LogP contribution is 2.08. The van der Waals surface area contributed by atoms with Crippen molar-refractivity contribution < 1.29 is 9.90 Å². The maximum absolute atomic E-state index is 10.5. The lowest BCUT2D eigenvalue weighted by Crippen LogP contribution is -2.00. The number of rotatable bonds is 6. The molecule has 0 radical (unpaired) electrons. The third kappa shape index (κ3) is 5.75. The molecule has 0 aliphatic rings. The van der Waals surface area contributed by atoms with Gasteiger partial charge in [0.2, 0.25) is 0 Å². The second kappa shape index (κ2) is 10.3. The molecule has 6 heteroatoms. The number of aliphatic hydroxyl groups excluding tert-OH is 1. The Morgan fingerprint density at radius 3 is 1.57 bits per heavy atom. The molecule has 0 aliphatic heterocycles. The van der Waals surface area contributed by atoms with E-state index in [0.29, 0.717) is 5.56 Å². The fourth-order valence-electron chi connectivity index (χ4n) is 2.99. The second-order valence-corrected chi connectivity index (χ2v) is 7.04. The molecule has 0 bridgehead atoms. The molecule has 0 amide bonds. The van der Waals surface area contributed by atoms with E-state index in [1.54, 1.807) is 12.4 Å². The molecule has 1 N–H and O–H groups in total. The van der Waals surface area contributed by atoms with E-state index < -0.39 is 0 Å². The number of carbonyl (C=O) groups is 1. The molecule has 0 saturated heterocycles. The number of nitrogens with zero attached hydrogens (tertiary/aromatic N) is 4. The van der Waals surface area contributed by atoms with Gasteiger partial charge in [-0.3, -0.25) is 4.79 Å². The van der Waals surface area contributed by atoms with Crippen molar-refractivity contribution >= 4 is 6.29 Å². The highest BCUT2D eigenvalue weighted by molar-refractivity contribution is 5.74. The Hall–Kier alpha value is -3.51. The minimum absolute atomic E-state index is 0.102. The van der Waals surface area contributed by atoms with Gasteiger partial charge < -0.3 is 14.2 Å². The van der Waals surface area contributed by atoms with Gasteiger partial charge in [-0.1, -0.05) is 48.5 Å². The number of aromatic nitrogens is 4. The summed E-state index contributed by atoms with van der Waals surface area (Å²) in [6.07, 6.45) is 8.36. The molecule has 0 atom stereocenters. The molecule has 0 aliphatic carbocycles. The highest BCUT2D eigenvalue weighted by Gasteiger charge is 1.99. The number of carbonyl (C=O) groups excluding carboxylic acids is 1. The SMILES string of the molecule is Cc1nccn1Cc1ccc(C=O)cc1.Cc1nccn1Cc1ccc(CO)cc1. The highest BCUT2D eigenvalue weighted by atomic mass is 16.3. The first-order valence-corrected chi connectivity index (χ1v) is 9.77. The van der Waals surface area contributed by atoms with Gasteiger partial charge in [-0.15, -0.1) is 0 Å². The number of imidazole rings is 2. The predicted octanol–water partition coefficient (Wildman–Crippen LogP) is 3.78. The van der Waals surface area contributed by atoms with Crippen molar-refractivity contribution in [2.45, 2.75) is 33.5 Å². The summed E-state index contributed by atoms with van der Waals surface area (Å²) >= 11 is 0. The van der Waals surface area contributed by atoms with Gasteiger partial charge in [-0.2, -0.15) is 0 Å². The molecule has 6 nitrogen and oxygen atoms in total. The first-order chi connectivity index (χ1) is 14.6. The van der Waals surface area contributed by atoms with Crippen LogP contribution in [-0.4, -0.2) is 30.5 Å². The minimum atomic E-state index is 0.102. The third-order valence-corrected chi connectivity index (χ3v) is 4.87. The Morgan fingerprint density at radius 2 is 1.20 bits per heavy atom. The summed E-state index contributed by atoms with van der Waals surface area (Å²) in [7, 11) is 0. The van der Waals surface area contributed by atoms with E-state index in [2.05, 4.69) is 19.1 Å². The molecule has 0 spiro atoms. The van der Waals surface area contributed by atoms with Crippen LogP contribution in [0.2, 0.25) is 0 Å². The van der Waals surface area contributed by atoms with Gasteiger partial charge >= 0.3 is 0 Å². The van der Waals surface area contributed by atoms with E-state index >= 15 is 0 Å². The van der Waals surface area contributed by atoms with Gasteiger partial charge in [0.1, 0.15) is 17.9 Å². The molecule has 0 unspecified atom stereocenters. The summed E-state index contributed by atoms with van der Waals surface area (Å²) in [6, 6.07) is 15.5. The Morgan fingerprint density at radius 1 is 0.767 bits per heavy atom. The standard InChI is InChI=1S/C12H14N2O.C12H12N2O/c2*1-10-13-6-7-14(10)8-11-2-4-12(9-15)5-3-11/h2-7,15H,8-9H2,1H3;2-7,9H,8H2,1H3. The average Bonchev–Trinajstić information content (AvgIpc) is 3.37. The molecule has 30 heavy (non-hydrogen) atoms. The molecule has 2 aromatic heterocycles. The predicted molar refractivity (Wildman–Crippen MR) is 116 cm³/mol. The van der Waals surface area contributed by atoms with Crippen molar-refractivity contribution in [1.82, 2.24) is 19.1 Å². The number of benzene rings is 2. The Labute approximate surface area is 176 Å². The lowest BCUT2D eigenvalue weighted by Gasteiger charge is -2.05. The van der Waals surface area contributed by atoms with Gasteiger partial charge in [0.05, 0.1) is 6.61 Å². The summed E-state index contributed by atoms with van der Waals surface area (Å²) < 4.78 is 4.16. The maximum Gasteiger partial charge on any atom is 0.150 e. The summed E-state index contributed by atoms with van der Waals surface area (Å²) in [5.74, 6) is 2.01. The zero-order chi connectivity index (χ0) is 21.3. The average molecular weight is 402 g/mol. The number of hydrogen-bond acceptors (Lipinski definition) is 4. The van der Waals surface area contributed by atoms with E-state index in [1.165, 1.54) is 11.1 Å². The van der Waals surface area contributed by atoms with E-state index in [-0.39, 0.29) is 6.61 Å². The summed E-state index contributed by atoms with van der Waals surface area (Å²) in [5.41, 5.74) is 4.04. The van der Waals surface area contributed by atoms with Crippen LogP contribution in [0.15, 0.2) is 73.3 Å². The molecule has 154 valence electrons. The van der Waals surface area contributed by atoms with Gasteiger partial charge in [0.15, 0.2) is 0 Å². The van der Waals surface area contributed by atoms with Crippen LogP contribution in [0, 0.1) is 13.8 Å². The van der Waals surface area contributed by atoms with Crippen LogP contribution in [0.4, 0.5) is 0 Å². The van der Waals surface area contributed by atoms with Crippen LogP contribution >= 0.6 is 0 Å². The van der Waals surface area contributed by atoms with Crippen LogP contribution in [0.25, 0.3) is 0 Å². The van der Waals surface area contributed by atoms with E-state index in [0.717, 1.165) is 36.6 Å². The topological polar surface area (TPSA) is 72.9 Å². The molecular weight excluding hydrogens is 376 g/mol. The van der Waals surface area contributed by atoms with E-state index in [4.69, 9.17) is 5.11 Å². The smallest absolute Gasteiger partial charge is 0.150 e. The summed E-state index contributed by atoms with van der Waals surface area (Å²) in [6.45, 7) is 5.69. The molecule has 2 aromatic carbocycles. The lowest BCUT2D eigenvalue weighted by molar-refractivity contribution is 0.112. The molecule has 4 rings (SSSR count). The van der Waals surface area contributed by atoms with Gasteiger partial charge in [-0.25, -0.2) is 9.97 Å². The zero-order valence-electron chi connectivity index (χ0n) is 17.3.